The maximum absolute atomic E-state index is 4.50. The lowest BCUT2D eigenvalue weighted by molar-refractivity contribution is 0.785. The molecule has 0 aliphatic carbocycles. The fraction of sp³-hybridized carbons (Fsp3) is 0.250. The Labute approximate surface area is 109 Å². The van der Waals surface area contributed by atoms with E-state index in [2.05, 4.69) is 36.2 Å². The molecule has 2 aromatic heterocycles. The normalized spacial score (nSPS) is 10.5. The van der Waals surface area contributed by atoms with Crippen molar-refractivity contribution in [3.8, 4) is 11.4 Å². The van der Waals surface area contributed by atoms with E-state index in [9.17, 15) is 0 Å². The zero-order valence-electron chi connectivity index (χ0n) is 9.74. The van der Waals surface area contributed by atoms with Crippen molar-refractivity contribution >= 4 is 15.9 Å². The Morgan fingerprint density at radius 2 is 2.06 bits per heavy atom. The van der Waals surface area contributed by atoms with Gasteiger partial charge in [-0.15, -0.1) is 0 Å². The van der Waals surface area contributed by atoms with Crippen LogP contribution in [0.1, 0.15) is 11.4 Å². The van der Waals surface area contributed by atoms with Crippen LogP contribution in [0.4, 0.5) is 0 Å². The van der Waals surface area contributed by atoms with Crippen molar-refractivity contribution in [1.29, 1.82) is 0 Å². The van der Waals surface area contributed by atoms with Gasteiger partial charge in [-0.1, -0.05) is 0 Å². The fourth-order valence-corrected chi connectivity index (χ4v) is 1.93. The molecule has 88 valence electrons. The molecule has 0 atom stereocenters. The summed E-state index contributed by atoms with van der Waals surface area (Å²) in [5.74, 6) is 0.712. The minimum Gasteiger partial charge on any atom is -0.314 e. The van der Waals surface area contributed by atoms with Crippen LogP contribution in [0.25, 0.3) is 11.4 Å². The Morgan fingerprint density at radius 3 is 2.76 bits per heavy atom. The number of aryl methyl sites for hydroxylation is 1. The number of halogens is 1. The molecule has 0 radical (unpaired) electrons. The Hall–Kier alpha value is -1.33. The summed E-state index contributed by atoms with van der Waals surface area (Å²) < 4.78 is 0.926. The lowest BCUT2D eigenvalue weighted by Gasteiger charge is -2.05. The van der Waals surface area contributed by atoms with Gasteiger partial charge in [0.25, 0.3) is 0 Å². The van der Waals surface area contributed by atoms with E-state index < -0.39 is 0 Å². The summed E-state index contributed by atoms with van der Waals surface area (Å²) in [7, 11) is 1.90. The van der Waals surface area contributed by atoms with Gasteiger partial charge in [0, 0.05) is 34.7 Å². The molecule has 5 heteroatoms. The molecule has 0 saturated carbocycles. The molecule has 2 rings (SSSR count). The maximum Gasteiger partial charge on any atom is 0.161 e. The fourth-order valence-electron chi connectivity index (χ4n) is 1.57. The summed E-state index contributed by atoms with van der Waals surface area (Å²) in [5, 5.41) is 3.09. The van der Waals surface area contributed by atoms with E-state index in [0.717, 1.165) is 28.0 Å². The molecule has 0 unspecified atom stereocenters. The highest BCUT2D eigenvalue weighted by Crippen LogP contribution is 2.19. The number of hydrogen-bond acceptors (Lipinski definition) is 4. The van der Waals surface area contributed by atoms with Crippen LogP contribution in [0.15, 0.2) is 29.0 Å². The highest BCUT2D eigenvalue weighted by atomic mass is 79.9. The third-order valence-corrected chi connectivity index (χ3v) is 2.66. The topological polar surface area (TPSA) is 50.7 Å². The van der Waals surface area contributed by atoms with Crippen LogP contribution in [0.2, 0.25) is 0 Å². The molecule has 1 N–H and O–H groups in total. The van der Waals surface area contributed by atoms with E-state index in [1.165, 1.54) is 0 Å². The second-order valence-corrected chi connectivity index (χ2v) is 4.66. The van der Waals surface area contributed by atoms with Crippen molar-refractivity contribution in [2.75, 3.05) is 7.05 Å². The van der Waals surface area contributed by atoms with Crippen molar-refractivity contribution < 1.29 is 0 Å². The first kappa shape index (κ1) is 12.1. The Bertz CT molecular complexity index is 528. The SMILES string of the molecule is CNCc1cc(C)nc(-c2cncc(Br)c2)n1. The average molecular weight is 293 g/mol. The molecule has 2 heterocycles. The molecule has 0 aromatic carbocycles. The Kier molecular flexibility index (Phi) is 3.81. The predicted molar refractivity (Wildman–Crippen MR) is 70.5 cm³/mol. The van der Waals surface area contributed by atoms with Gasteiger partial charge in [0.05, 0.1) is 5.69 Å². The zero-order valence-corrected chi connectivity index (χ0v) is 11.3. The first-order valence-corrected chi connectivity index (χ1v) is 6.08. The van der Waals surface area contributed by atoms with E-state index in [1.807, 2.05) is 26.1 Å². The molecule has 0 aliphatic heterocycles. The minimum atomic E-state index is 0.712. The quantitative estimate of drug-likeness (QED) is 0.943. The summed E-state index contributed by atoms with van der Waals surface area (Å²) >= 11 is 3.40. The standard InChI is InChI=1S/C12H13BrN4/c1-8-3-11(7-14-2)17-12(16-8)9-4-10(13)6-15-5-9/h3-6,14H,7H2,1-2H3. The van der Waals surface area contributed by atoms with Crippen LogP contribution in [0.3, 0.4) is 0 Å². The lowest BCUT2D eigenvalue weighted by atomic mass is 10.2. The second-order valence-electron chi connectivity index (χ2n) is 3.75. The van der Waals surface area contributed by atoms with Crippen molar-refractivity contribution in [3.63, 3.8) is 0 Å². The van der Waals surface area contributed by atoms with Gasteiger partial charge in [0.15, 0.2) is 5.82 Å². The van der Waals surface area contributed by atoms with Gasteiger partial charge in [-0.3, -0.25) is 4.98 Å². The molecule has 0 fully saturated rings. The second kappa shape index (κ2) is 5.33. The van der Waals surface area contributed by atoms with Gasteiger partial charge in [-0.05, 0) is 42.0 Å². The molecule has 17 heavy (non-hydrogen) atoms. The minimum absolute atomic E-state index is 0.712. The van der Waals surface area contributed by atoms with Crippen molar-refractivity contribution in [1.82, 2.24) is 20.3 Å². The van der Waals surface area contributed by atoms with E-state index >= 15 is 0 Å². The largest absolute Gasteiger partial charge is 0.314 e. The third-order valence-electron chi connectivity index (χ3n) is 2.23. The molecule has 0 bridgehead atoms. The summed E-state index contributed by atoms with van der Waals surface area (Å²) in [5.41, 5.74) is 2.86. The Morgan fingerprint density at radius 1 is 1.24 bits per heavy atom. The molecular formula is C12H13BrN4. The van der Waals surface area contributed by atoms with Gasteiger partial charge >= 0.3 is 0 Å². The Balaban J connectivity index is 2.44. The van der Waals surface area contributed by atoms with Crippen LogP contribution in [0, 0.1) is 6.92 Å². The monoisotopic (exact) mass is 292 g/mol. The summed E-state index contributed by atoms with van der Waals surface area (Å²) in [6.07, 6.45) is 3.51. The zero-order chi connectivity index (χ0) is 12.3. The number of rotatable bonds is 3. The van der Waals surface area contributed by atoms with Crippen molar-refractivity contribution in [3.05, 3.63) is 40.4 Å². The average Bonchev–Trinajstić information content (AvgIpc) is 2.28. The van der Waals surface area contributed by atoms with Crippen LogP contribution in [-0.2, 0) is 6.54 Å². The van der Waals surface area contributed by atoms with Gasteiger partial charge < -0.3 is 5.32 Å². The number of nitrogens with one attached hydrogen (secondary N) is 1. The summed E-state index contributed by atoms with van der Waals surface area (Å²) in [6.45, 7) is 2.70. The van der Waals surface area contributed by atoms with Gasteiger partial charge in [0.1, 0.15) is 0 Å². The van der Waals surface area contributed by atoms with E-state index in [-0.39, 0.29) is 0 Å². The number of hydrogen-bond donors (Lipinski definition) is 1. The van der Waals surface area contributed by atoms with Gasteiger partial charge in [-0.25, -0.2) is 9.97 Å². The molecule has 0 aliphatic rings. The first-order chi connectivity index (χ1) is 8.19. The molecule has 4 nitrogen and oxygen atoms in total. The van der Waals surface area contributed by atoms with Crippen molar-refractivity contribution in [2.45, 2.75) is 13.5 Å². The van der Waals surface area contributed by atoms with Crippen LogP contribution < -0.4 is 5.32 Å². The van der Waals surface area contributed by atoms with E-state index in [1.54, 1.807) is 12.4 Å². The summed E-state index contributed by atoms with van der Waals surface area (Å²) in [4.78, 5) is 13.1. The van der Waals surface area contributed by atoms with Crippen LogP contribution in [-0.4, -0.2) is 22.0 Å². The molecular weight excluding hydrogens is 280 g/mol. The van der Waals surface area contributed by atoms with E-state index in [0.29, 0.717) is 5.82 Å². The lowest BCUT2D eigenvalue weighted by Crippen LogP contribution is -2.08. The molecule has 0 amide bonds. The van der Waals surface area contributed by atoms with E-state index in [4.69, 9.17) is 0 Å². The predicted octanol–water partition coefficient (Wildman–Crippen LogP) is 2.33. The summed E-state index contributed by atoms with van der Waals surface area (Å²) in [6, 6.07) is 3.94. The maximum atomic E-state index is 4.50. The van der Waals surface area contributed by atoms with Gasteiger partial charge in [-0.2, -0.15) is 0 Å². The van der Waals surface area contributed by atoms with Crippen LogP contribution in [0.5, 0.6) is 0 Å². The molecule has 2 aromatic rings. The first-order valence-electron chi connectivity index (χ1n) is 5.29. The molecule has 0 saturated heterocycles. The third kappa shape index (κ3) is 3.08. The number of pyridine rings is 1. The van der Waals surface area contributed by atoms with Crippen molar-refractivity contribution in [2.24, 2.45) is 0 Å². The smallest absolute Gasteiger partial charge is 0.161 e. The highest BCUT2D eigenvalue weighted by molar-refractivity contribution is 9.10. The van der Waals surface area contributed by atoms with Crippen LogP contribution >= 0.6 is 15.9 Å². The number of nitrogens with zero attached hydrogens (tertiary/aromatic N) is 3. The molecule has 0 spiro atoms. The van der Waals surface area contributed by atoms with Gasteiger partial charge in [0.2, 0.25) is 0 Å². The number of aromatic nitrogens is 3. The highest BCUT2D eigenvalue weighted by Gasteiger charge is 2.05.